The van der Waals surface area contributed by atoms with Crippen LogP contribution in [0.15, 0.2) is 36.4 Å². The number of hydrogen-bond acceptors (Lipinski definition) is 4. The summed E-state index contributed by atoms with van der Waals surface area (Å²) in [6.07, 6.45) is 0. The van der Waals surface area contributed by atoms with Crippen molar-refractivity contribution < 1.29 is 9.53 Å². The van der Waals surface area contributed by atoms with Crippen LogP contribution in [0.25, 0.3) is 22.4 Å². The third-order valence-corrected chi connectivity index (χ3v) is 3.45. The number of methoxy groups -OCH3 is 1. The van der Waals surface area contributed by atoms with E-state index in [4.69, 9.17) is 5.73 Å². The van der Waals surface area contributed by atoms with Gasteiger partial charge in [0, 0.05) is 11.3 Å². The van der Waals surface area contributed by atoms with Crippen molar-refractivity contribution in [2.75, 3.05) is 12.8 Å². The van der Waals surface area contributed by atoms with Gasteiger partial charge in [0.1, 0.15) is 5.82 Å². The first-order chi connectivity index (χ1) is 10.1. The lowest BCUT2D eigenvalue weighted by atomic mass is 10.1. The van der Waals surface area contributed by atoms with E-state index in [0.29, 0.717) is 5.56 Å². The molecule has 21 heavy (non-hydrogen) atoms. The molecule has 0 spiro atoms. The molecule has 2 aromatic carbocycles. The fourth-order valence-corrected chi connectivity index (χ4v) is 2.20. The van der Waals surface area contributed by atoms with Crippen molar-refractivity contribution in [3.8, 4) is 11.4 Å². The van der Waals surface area contributed by atoms with Gasteiger partial charge in [-0.1, -0.05) is 12.1 Å². The molecule has 106 valence electrons. The molecule has 1 heterocycles. The summed E-state index contributed by atoms with van der Waals surface area (Å²) in [4.78, 5) is 19.2. The van der Waals surface area contributed by atoms with Crippen LogP contribution in [-0.2, 0) is 4.74 Å². The number of imidazole rings is 1. The summed E-state index contributed by atoms with van der Waals surface area (Å²) >= 11 is 0. The van der Waals surface area contributed by atoms with Crippen molar-refractivity contribution in [2.45, 2.75) is 6.92 Å². The number of H-pyrrole nitrogens is 1. The molecule has 0 bridgehead atoms. The van der Waals surface area contributed by atoms with Crippen LogP contribution in [0.3, 0.4) is 0 Å². The quantitative estimate of drug-likeness (QED) is 0.559. The Kier molecular flexibility index (Phi) is 3.10. The summed E-state index contributed by atoms with van der Waals surface area (Å²) in [5.74, 6) is 0.390. The zero-order chi connectivity index (χ0) is 15.0. The van der Waals surface area contributed by atoms with Crippen LogP contribution in [0.4, 0.5) is 5.69 Å². The minimum absolute atomic E-state index is 0.352. The molecule has 3 aromatic rings. The second kappa shape index (κ2) is 4.94. The van der Waals surface area contributed by atoms with E-state index in [1.54, 1.807) is 12.1 Å². The average Bonchev–Trinajstić information content (AvgIpc) is 2.90. The number of aromatic nitrogens is 2. The molecular formula is C16H15N3O2. The first-order valence-electron chi connectivity index (χ1n) is 6.53. The van der Waals surface area contributed by atoms with Crippen LogP contribution in [0, 0.1) is 6.92 Å². The van der Waals surface area contributed by atoms with Gasteiger partial charge >= 0.3 is 5.97 Å². The Morgan fingerprint density at radius 3 is 2.62 bits per heavy atom. The van der Waals surface area contributed by atoms with E-state index in [-0.39, 0.29) is 5.97 Å². The molecule has 0 aliphatic rings. The highest BCUT2D eigenvalue weighted by Gasteiger charge is 2.09. The van der Waals surface area contributed by atoms with Crippen molar-refractivity contribution in [1.29, 1.82) is 0 Å². The average molecular weight is 281 g/mol. The van der Waals surface area contributed by atoms with Gasteiger partial charge in [-0.25, -0.2) is 9.78 Å². The zero-order valence-electron chi connectivity index (χ0n) is 11.8. The first-order valence-corrected chi connectivity index (χ1v) is 6.53. The lowest BCUT2D eigenvalue weighted by Gasteiger charge is -2.00. The maximum Gasteiger partial charge on any atom is 0.337 e. The second-order valence-electron chi connectivity index (χ2n) is 4.88. The van der Waals surface area contributed by atoms with Gasteiger partial charge in [-0.05, 0) is 36.8 Å². The van der Waals surface area contributed by atoms with Gasteiger partial charge in [-0.3, -0.25) is 0 Å². The van der Waals surface area contributed by atoms with E-state index in [2.05, 4.69) is 14.7 Å². The molecule has 3 rings (SSSR count). The molecule has 1 aromatic heterocycles. The van der Waals surface area contributed by atoms with E-state index in [0.717, 1.165) is 33.7 Å². The van der Waals surface area contributed by atoms with Crippen LogP contribution in [0.1, 0.15) is 15.9 Å². The number of esters is 1. The normalized spacial score (nSPS) is 10.8. The lowest BCUT2D eigenvalue weighted by molar-refractivity contribution is 0.0601. The number of nitrogens with one attached hydrogen (secondary N) is 1. The number of fused-ring (bicyclic) bond motifs is 1. The number of benzene rings is 2. The standard InChI is InChI=1S/C16H15N3O2/c1-9-7-13-14(8-12(9)17)19-15(18-13)10-3-5-11(6-4-10)16(20)21-2/h3-8H,17H2,1-2H3,(H,18,19). The van der Waals surface area contributed by atoms with Crippen LogP contribution in [-0.4, -0.2) is 23.0 Å². The number of carbonyl (C=O) groups is 1. The molecule has 5 heteroatoms. The molecule has 3 N–H and O–H groups in total. The minimum Gasteiger partial charge on any atom is -0.465 e. The van der Waals surface area contributed by atoms with Crippen LogP contribution >= 0.6 is 0 Å². The molecule has 5 nitrogen and oxygen atoms in total. The SMILES string of the molecule is COC(=O)c1ccc(-c2nc3cc(N)c(C)cc3[nH]2)cc1. The Balaban J connectivity index is 2.02. The molecule has 0 aliphatic carbocycles. The number of aromatic amines is 1. The van der Waals surface area contributed by atoms with E-state index < -0.39 is 0 Å². The summed E-state index contributed by atoms with van der Waals surface area (Å²) in [5, 5.41) is 0. The molecule has 0 saturated carbocycles. The Morgan fingerprint density at radius 1 is 1.24 bits per heavy atom. The smallest absolute Gasteiger partial charge is 0.337 e. The van der Waals surface area contributed by atoms with E-state index >= 15 is 0 Å². The Hall–Kier alpha value is -2.82. The fourth-order valence-electron chi connectivity index (χ4n) is 2.20. The highest BCUT2D eigenvalue weighted by Crippen LogP contribution is 2.24. The van der Waals surface area contributed by atoms with Gasteiger partial charge in [0.2, 0.25) is 0 Å². The summed E-state index contributed by atoms with van der Waals surface area (Å²) < 4.78 is 4.68. The van der Waals surface area contributed by atoms with Gasteiger partial charge in [0.05, 0.1) is 23.7 Å². The fraction of sp³-hybridized carbons (Fsp3) is 0.125. The number of rotatable bonds is 2. The number of hydrogen-bond donors (Lipinski definition) is 2. The summed E-state index contributed by atoms with van der Waals surface area (Å²) in [6, 6.07) is 10.9. The predicted octanol–water partition coefficient (Wildman–Crippen LogP) is 2.91. The third-order valence-electron chi connectivity index (χ3n) is 3.45. The minimum atomic E-state index is -0.352. The van der Waals surface area contributed by atoms with Gasteiger partial charge < -0.3 is 15.5 Å². The lowest BCUT2D eigenvalue weighted by Crippen LogP contribution is -2.00. The molecule has 0 atom stereocenters. The molecular weight excluding hydrogens is 266 g/mol. The van der Waals surface area contributed by atoms with Crippen molar-refractivity contribution in [1.82, 2.24) is 9.97 Å². The van der Waals surface area contributed by atoms with Crippen molar-refractivity contribution in [3.05, 3.63) is 47.5 Å². The van der Waals surface area contributed by atoms with Gasteiger partial charge in [0.25, 0.3) is 0 Å². The Labute approximate surface area is 121 Å². The van der Waals surface area contributed by atoms with Crippen LogP contribution in [0.2, 0.25) is 0 Å². The molecule has 0 unspecified atom stereocenters. The van der Waals surface area contributed by atoms with E-state index in [1.807, 2.05) is 31.2 Å². The van der Waals surface area contributed by atoms with Crippen molar-refractivity contribution in [2.24, 2.45) is 0 Å². The molecule has 0 aliphatic heterocycles. The number of ether oxygens (including phenoxy) is 1. The number of aryl methyl sites for hydroxylation is 1. The van der Waals surface area contributed by atoms with Gasteiger partial charge in [-0.2, -0.15) is 0 Å². The second-order valence-corrected chi connectivity index (χ2v) is 4.88. The largest absolute Gasteiger partial charge is 0.465 e. The zero-order valence-corrected chi connectivity index (χ0v) is 11.8. The van der Waals surface area contributed by atoms with Crippen LogP contribution < -0.4 is 5.73 Å². The molecule has 0 fully saturated rings. The summed E-state index contributed by atoms with van der Waals surface area (Å²) in [5.41, 5.74) is 10.8. The van der Waals surface area contributed by atoms with Crippen molar-refractivity contribution >= 4 is 22.7 Å². The van der Waals surface area contributed by atoms with E-state index in [1.165, 1.54) is 7.11 Å². The maximum absolute atomic E-state index is 11.4. The highest BCUT2D eigenvalue weighted by atomic mass is 16.5. The van der Waals surface area contributed by atoms with Crippen molar-refractivity contribution in [3.63, 3.8) is 0 Å². The first kappa shape index (κ1) is 13.2. The van der Waals surface area contributed by atoms with E-state index in [9.17, 15) is 4.79 Å². The number of carbonyl (C=O) groups excluding carboxylic acids is 1. The monoisotopic (exact) mass is 281 g/mol. The number of nitrogens with two attached hydrogens (primary N) is 1. The third kappa shape index (κ3) is 2.33. The van der Waals surface area contributed by atoms with Gasteiger partial charge in [-0.15, -0.1) is 0 Å². The van der Waals surface area contributed by atoms with Gasteiger partial charge in [0.15, 0.2) is 0 Å². The molecule has 0 radical (unpaired) electrons. The Bertz CT molecular complexity index is 780. The number of nitrogens with zero attached hydrogens (tertiary/aromatic N) is 1. The molecule has 0 saturated heterocycles. The number of anilines is 1. The topological polar surface area (TPSA) is 81.0 Å². The Morgan fingerprint density at radius 2 is 1.95 bits per heavy atom. The van der Waals surface area contributed by atoms with Crippen LogP contribution in [0.5, 0.6) is 0 Å². The predicted molar refractivity (Wildman–Crippen MR) is 82.0 cm³/mol. The maximum atomic E-state index is 11.4. The summed E-state index contributed by atoms with van der Waals surface area (Å²) in [6.45, 7) is 1.96. The number of nitrogen functional groups attached to an aromatic ring is 1. The highest BCUT2D eigenvalue weighted by molar-refractivity contribution is 5.90. The summed E-state index contributed by atoms with van der Waals surface area (Å²) in [7, 11) is 1.36. The molecule has 0 amide bonds.